The van der Waals surface area contributed by atoms with Crippen LogP contribution in [0, 0.1) is 0 Å². The first kappa shape index (κ1) is 23.9. The number of hydrogen-bond donors (Lipinski definition) is 2. The first-order valence-electron chi connectivity index (χ1n) is 9.04. The van der Waals surface area contributed by atoms with Crippen molar-refractivity contribution >= 4 is 29.9 Å². The van der Waals surface area contributed by atoms with Gasteiger partial charge in [-0.25, -0.2) is 0 Å². The van der Waals surface area contributed by atoms with Crippen LogP contribution in [0.4, 0.5) is 13.2 Å². The van der Waals surface area contributed by atoms with Gasteiger partial charge in [0.25, 0.3) is 0 Å². The molecule has 1 aliphatic rings. The van der Waals surface area contributed by atoms with Crippen LogP contribution in [0.25, 0.3) is 0 Å². The number of nitrogens with one attached hydrogen (secondary N) is 2. The molecule has 2 aromatic carbocycles. The Balaban J connectivity index is 0.00000320. The molecule has 0 amide bonds. The van der Waals surface area contributed by atoms with Gasteiger partial charge in [0.1, 0.15) is 5.75 Å². The van der Waals surface area contributed by atoms with Gasteiger partial charge in [-0.1, -0.05) is 18.2 Å². The van der Waals surface area contributed by atoms with Crippen molar-refractivity contribution in [1.82, 2.24) is 10.6 Å². The minimum absolute atomic E-state index is 0. The molecular formula is C20H23F3IN3O3. The third-order valence-corrected chi connectivity index (χ3v) is 4.15. The monoisotopic (exact) mass is 537 g/mol. The summed E-state index contributed by atoms with van der Waals surface area (Å²) in [4.78, 5) is 4.17. The highest BCUT2D eigenvalue weighted by Gasteiger charge is 2.28. The molecule has 0 spiro atoms. The number of aliphatic imine (C=N–C) groups is 1. The smallest absolute Gasteiger partial charge is 0.422 e. The summed E-state index contributed by atoms with van der Waals surface area (Å²) < 4.78 is 51.9. The zero-order valence-electron chi connectivity index (χ0n) is 16.3. The maximum Gasteiger partial charge on any atom is 0.422 e. The fourth-order valence-corrected chi connectivity index (χ4v) is 2.70. The number of halogens is 4. The Kier molecular flexibility index (Phi) is 8.88. The van der Waals surface area contributed by atoms with Crippen LogP contribution in [0.1, 0.15) is 11.1 Å². The molecule has 0 saturated carbocycles. The average Bonchev–Trinajstić information content (AvgIpc) is 3.17. The molecule has 1 aliphatic heterocycles. The highest BCUT2D eigenvalue weighted by atomic mass is 127. The summed E-state index contributed by atoms with van der Waals surface area (Å²) in [7, 11) is 1.67. The van der Waals surface area contributed by atoms with Gasteiger partial charge in [0.2, 0.25) is 6.79 Å². The Morgan fingerprint density at radius 3 is 2.43 bits per heavy atom. The lowest BCUT2D eigenvalue weighted by Gasteiger charge is -2.13. The van der Waals surface area contributed by atoms with Crippen molar-refractivity contribution in [3.05, 3.63) is 53.6 Å². The predicted octanol–water partition coefficient (Wildman–Crippen LogP) is 3.88. The predicted molar refractivity (Wildman–Crippen MR) is 118 cm³/mol. The zero-order chi connectivity index (χ0) is 20.7. The van der Waals surface area contributed by atoms with Crippen LogP contribution in [0.2, 0.25) is 0 Å². The quantitative estimate of drug-likeness (QED) is 0.319. The highest BCUT2D eigenvalue weighted by Crippen LogP contribution is 2.32. The van der Waals surface area contributed by atoms with Crippen molar-refractivity contribution in [2.24, 2.45) is 4.99 Å². The van der Waals surface area contributed by atoms with Gasteiger partial charge in [0.15, 0.2) is 24.1 Å². The molecule has 6 nitrogen and oxygen atoms in total. The summed E-state index contributed by atoms with van der Waals surface area (Å²) in [5, 5.41) is 6.38. The topological polar surface area (TPSA) is 64.1 Å². The Morgan fingerprint density at radius 2 is 1.73 bits per heavy atom. The molecule has 0 aliphatic carbocycles. The normalized spacial score (nSPS) is 12.9. The minimum Gasteiger partial charge on any atom is -0.484 e. The molecule has 0 bridgehead atoms. The lowest BCUT2D eigenvalue weighted by Crippen LogP contribution is -2.37. The van der Waals surface area contributed by atoms with Crippen molar-refractivity contribution in [1.29, 1.82) is 0 Å². The molecule has 0 atom stereocenters. The Labute approximate surface area is 189 Å². The number of alkyl halides is 3. The Morgan fingerprint density at radius 1 is 1.03 bits per heavy atom. The van der Waals surface area contributed by atoms with Gasteiger partial charge >= 0.3 is 6.18 Å². The number of fused-ring (bicyclic) bond motifs is 1. The van der Waals surface area contributed by atoms with E-state index in [0.29, 0.717) is 19.0 Å². The summed E-state index contributed by atoms with van der Waals surface area (Å²) >= 11 is 0. The molecular weight excluding hydrogens is 514 g/mol. The molecule has 0 saturated heterocycles. The first-order valence-corrected chi connectivity index (χ1v) is 9.04. The van der Waals surface area contributed by atoms with Gasteiger partial charge in [0.05, 0.1) is 0 Å². The summed E-state index contributed by atoms with van der Waals surface area (Å²) in [6.07, 6.45) is -3.57. The molecule has 164 valence electrons. The van der Waals surface area contributed by atoms with Crippen LogP contribution in [-0.2, 0) is 13.0 Å². The number of rotatable bonds is 7. The highest BCUT2D eigenvalue weighted by molar-refractivity contribution is 14.0. The lowest BCUT2D eigenvalue weighted by molar-refractivity contribution is -0.153. The fraction of sp³-hybridized carbons (Fsp3) is 0.350. The van der Waals surface area contributed by atoms with E-state index in [9.17, 15) is 13.2 Å². The van der Waals surface area contributed by atoms with Crippen LogP contribution < -0.4 is 24.8 Å². The molecule has 1 heterocycles. The second kappa shape index (κ2) is 11.1. The largest absolute Gasteiger partial charge is 0.484 e. The Hall–Kier alpha value is -2.37. The van der Waals surface area contributed by atoms with Crippen molar-refractivity contribution < 1.29 is 27.4 Å². The third-order valence-electron chi connectivity index (χ3n) is 4.15. The van der Waals surface area contributed by atoms with E-state index < -0.39 is 12.8 Å². The van der Waals surface area contributed by atoms with E-state index in [-0.39, 0.29) is 36.5 Å². The van der Waals surface area contributed by atoms with Gasteiger partial charge in [-0.15, -0.1) is 24.0 Å². The maximum absolute atomic E-state index is 12.2. The molecule has 0 aromatic heterocycles. The molecule has 0 fully saturated rings. The van der Waals surface area contributed by atoms with E-state index in [1.165, 1.54) is 12.1 Å². The third kappa shape index (κ3) is 7.47. The number of benzene rings is 2. The van der Waals surface area contributed by atoms with Crippen molar-refractivity contribution in [3.63, 3.8) is 0 Å². The van der Waals surface area contributed by atoms with E-state index in [1.807, 2.05) is 18.2 Å². The van der Waals surface area contributed by atoms with Gasteiger partial charge < -0.3 is 24.8 Å². The maximum atomic E-state index is 12.2. The number of hydrogen-bond acceptors (Lipinski definition) is 4. The SMILES string of the molecule is CN=C(NCCc1ccc2c(c1)OCO2)NCc1ccc(OCC(F)(F)F)cc1.I. The summed E-state index contributed by atoms with van der Waals surface area (Å²) in [6, 6.07) is 12.3. The lowest BCUT2D eigenvalue weighted by atomic mass is 10.1. The molecule has 2 aromatic rings. The van der Waals surface area contributed by atoms with Gasteiger partial charge in [-0.3, -0.25) is 4.99 Å². The summed E-state index contributed by atoms with van der Waals surface area (Å²) in [6.45, 7) is 0.0976. The van der Waals surface area contributed by atoms with Crippen LogP contribution in [0.3, 0.4) is 0 Å². The van der Waals surface area contributed by atoms with Crippen molar-refractivity contribution in [2.75, 3.05) is 27.0 Å². The van der Waals surface area contributed by atoms with E-state index in [4.69, 9.17) is 14.2 Å². The van der Waals surface area contributed by atoms with Crippen LogP contribution in [-0.4, -0.2) is 39.1 Å². The molecule has 10 heteroatoms. The minimum atomic E-state index is -4.35. The van der Waals surface area contributed by atoms with Crippen molar-refractivity contribution in [3.8, 4) is 17.2 Å². The van der Waals surface area contributed by atoms with Gasteiger partial charge in [-0.2, -0.15) is 13.2 Å². The van der Waals surface area contributed by atoms with Crippen molar-refractivity contribution in [2.45, 2.75) is 19.1 Å². The van der Waals surface area contributed by atoms with Crippen LogP contribution >= 0.6 is 24.0 Å². The summed E-state index contributed by atoms with van der Waals surface area (Å²) in [5.74, 6) is 2.32. The molecule has 2 N–H and O–H groups in total. The van der Waals surface area contributed by atoms with Gasteiger partial charge in [-0.05, 0) is 41.8 Å². The fourth-order valence-electron chi connectivity index (χ4n) is 2.70. The molecule has 3 rings (SSSR count). The van der Waals surface area contributed by atoms with E-state index in [2.05, 4.69) is 15.6 Å². The standard InChI is InChI=1S/C20H22F3N3O3.HI/c1-24-19(25-9-8-14-4-7-17-18(10-14)29-13-28-17)26-11-15-2-5-16(6-3-15)27-12-20(21,22)23;/h2-7,10H,8-9,11-13H2,1H3,(H2,24,25,26);1H. The molecule has 0 unspecified atom stereocenters. The summed E-state index contributed by atoms with van der Waals surface area (Å²) in [5.41, 5.74) is 2.01. The molecule has 30 heavy (non-hydrogen) atoms. The number of ether oxygens (including phenoxy) is 3. The Bertz CT molecular complexity index is 845. The van der Waals surface area contributed by atoms with E-state index in [0.717, 1.165) is 29.0 Å². The number of guanidine groups is 1. The van der Waals surface area contributed by atoms with Crippen LogP contribution in [0.5, 0.6) is 17.2 Å². The second-order valence-electron chi connectivity index (χ2n) is 6.34. The second-order valence-corrected chi connectivity index (χ2v) is 6.34. The zero-order valence-corrected chi connectivity index (χ0v) is 18.6. The molecule has 0 radical (unpaired) electrons. The number of nitrogens with zero attached hydrogens (tertiary/aromatic N) is 1. The van der Waals surface area contributed by atoms with Gasteiger partial charge in [0, 0.05) is 20.1 Å². The first-order chi connectivity index (χ1) is 13.9. The van der Waals surface area contributed by atoms with E-state index >= 15 is 0 Å². The average molecular weight is 537 g/mol. The van der Waals surface area contributed by atoms with Crippen LogP contribution in [0.15, 0.2) is 47.5 Å². The van der Waals surface area contributed by atoms with E-state index in [1.54, 1.807) is 19.2 Å².